The van der Waals surface area contributed by atoms with E-state index >= 15 is 0 Å². The van der Waals surface area contributed by atoms with Gasteiger partial charge in [-0.2, -0.15) is 0 Å². The molecule has 18 heavy (non-hydrogen) atoms. The van der Waals surface area contributed by atoms with Crippen molar-refractivity contribution in [3.05, 3.63) is 29.6 Å². The molecule has 1 rings (SSSR count). The fourth-order valence-corrected chi connectivity index (χ4v) is 1.69. The molecule has 1 aromatic heterocycles. The number of terminal acetylenes is 1. The summed E-state index contributed by atoms with van der Waals surface area (Å²) >= 11 is 0. The van der Waals surface area contributed by atoms with Crippen LogP contribution >= 0.6 is 0 Å². The van der Waals surface area contributed by atoms with Gasteiger partial charge in [0.25, 0.3) is 0 Å². The fraction of sp³-hybridized carbons (Fsp3) is 0.533. The van der Waals surface area contributed by atoms with Gasteiger partial charge < -0.3 is 5.32 Å². The Morgan fingerprint density at radius 3 is 2.78 bits per heavy atom. The lowest BCUT2D eigenvalue weighted by atomic mass is 10.2. The van der Waals surface area contributed by atoms with E-state index in [1.807, 2.05) is 13.1 Å². The highest BCUT2D eigenvalue weighted by atomic mass is 15.1. The third kappa shape index (κ3) is 5.81. The second kappa shape index (κ2) is 7.86. The SMILES string of the molecule is C#CCN(C)Cc1cccc(CNCC(C)C)n1. The summed E-state index contributed by atoms with van der Waals surface area (Å²) in [5.74, 6) is 3.30. The molecule has 0 radical (unpaired) electrons. The molecule has 0 atom stereocenters. The molecule has 0 spiro atoms. The van der Waals surface area contributed by atoms with Crippen LogP contribution in [0.15, 0.2) is 18.2 Å². The number of aromatic nitrogens is 1. The van der Waals surface area contributed by atoms with Gasteiger partial charge in [-0.1, -0.05) is 25.8 Å². The van der Waals surface area contributed by atoms with Crippen LogP contribution < -0.4 is 5.32 Å². The minimum absolute atomic E-state index is 0.650. The van der Waals surface area contributed by atoms with Gasteiger partial charge in [0.2, 0.25) is 0 Å². The third-order valence-corrected chi connectivity index (χ3v) is 2.52. The molecular formula is C15H23N3. The molecule has 0 fully saturated rings. The van der Waals surface area contributed by atoms with Crippen LogP contribution in [0.3, 0.4) is 0 Å². The highest BCUT2D eigenvalue weighted by molar-refractivity contribution is 5.11. The van der Waals surface area contributed by atoms with E-state index in [-0.39, 0.29) is 0 Å². The van der Waals surface area contributed by atoms with Crippen molar-refractivity contribution < 1.29 is 0 Å². The van der Waals surface area contributed by atoms with Gasteiger partial charge in [0.1, 0.15) is 0 Å². The van der Waals surface area contributed by atoms with Crippen LogP contribution in [-0.2, 0) is 13.1 Å². The summed E-state index contributed by atoms with van der Waals surface area (Å²) in [5, 5.41) is 3.40. The van der Waals surface area contributed by atoms with Crippen LogP contribution in [0.5, 0.6) is 0 Å². The third-order valence-electron chi connectivity index (χ3n) is 2.52. The molecule has 0 unspecified atom stereocenters. The second-order valence-electron chi connectivity index (χ2n) is 5.02. The maximum atomic E-state index is 5.28. The fourth-order valence-electron chi connectivity index (χ4n) is 1.69. The Kier molecular flexibility index (Phi) is 6.42. The smallest absolute Gasteiger partial charge is 0.0599 e. The predicted octanol–water partition coefficient (Wildman–Crippen LogP) is 1.89. The van der Waals surface area contributed by atoms with E-state index in [2.05, 4.69) is 47.1 Å². The van der Waals surface area contributed by atoms with E-state index in [0.717, 1.165) is 31.0 Å². The molecule has 98 valence electrons. The van der Waals surface area contributed by atoms with E-state index in [0.29, 0.717) is 12.5 Å². The summed E-state index contributed by atoms with van der Waals surface area (Å²) in [6, 6.07) is 6.15. The number of nitrogens with one attached hydrogen (secondary N) is 1. The van der Waals surface area contributed by atoms with Gasteiger partial charge in [-0.3, -0.25) is 9.88 Å². The normalized spacial score (nSPS) is 10.9. The minimum Gasteiger partial charge on any atom is -0.311 e. The van der Waals surface area contributed by atoms with E-state index in [1.54, 1.807) is 0 Å². The lowest BCUT2D eigenvalue weighted by molar-refractivity contribution is 0.363. The molecule has 3 heteroatoms. The Balaban J connectivity index is 2.49. The molecular weight excluding hydrogens is 222 g/mol. The summed E-state index contributed by atoms with van der Waals surface area (Å²) < 4.78 is 0. The van der Waals surface area contributed by atoms with Crippen LogP contribution in [0.2, 0.25) is 0 Å². The lowest BCUT2D eigenvalue weighted by Gasteiger charge is -2.13. The van der Waals surface area contributed by atoms with Crippen LogP contribution in [-0.4, -0.2) is 30.0 Å². The zero-order valence-corrected chi connectivity index (χ0v) is 11.6. The van der Waals surface area contributed by atoms with Crippen molar-refractivity contribution in [2.24, 2.45) is 5.92 Å². The molecule has 1 aromatic rings. The van der Waals surface area contributed by atoms with Gasteiger partial charge >= 0.3 is 0 Å². The van der Waals surface area contributed by atoms with E-state index < -0.39 is 0 Å². The van der Waals surface area contributed by atoms with E-state index in [9.17, 15) is 0 Å². The molecule has 0 amide bonds. The van der Waals surface area contributed by atoms with Gasteiger partial charge in [-0.15, -0.1) is 6.42 Å². The van der Waals surface area contributed by atoms with Gasteiger partial charge in [0.15, 0.2) is 0 Å². The minimum atomic E-state index is 0.650. The van der Waals surface area contributed by atoms with Crippen LogP contribution in [0, 0.1) is 18.3 Å². The Morgan fingerprint density at radius 2 is 2.11 bits per heavy atom. The molecule has 0 aliphatic rings. The molecule has 0 bridgehead atoms. The van der Waals surface area contributed by atoms with Gasteiger partial charge in [-0.05, 0) is 31.6 Å². The topological polar surface area (TPSA) is 28.2 Å². The summed E-state index contributed by atoms with van der Waals surface area (Å²) in [7, 11) is 2.01. The lowest BCUT2D eigenvalue weighted by Crippen LogP contribution is -2.21. The zero-order valence-electron chi connectivity index (χ0n) is 11.6. The van der Waals surface area contributed by atoms with Crippen molar-refractivity contribution in [1.29, 1.82) is 0 Å². The van der Waals surface area contributed by atoms with Crippen LogP contribution in [0.25, 0.3) is 0 Å². The first-order valence-electron chi connectivity index (χ1n) is 6.39. The predicted molar refractivity (Wildman–Crippen MR) is 75.9 cm³/mol. The maximum Gasteiger partial charge on any atom is 0.0599 e. The Bertz CT molecular complexity index is 393. The standard InChI is InChI=1S/C15H23N3/c1-5-9-18(4)12-15-8-6-7-14(17-15)11-16-10-13(2)3/h1,6-8,13,16H,9-12H2,2-4H3. The second-order valence-corrected chi connectivity index (χ2v) is 5.02. The summed E-state index contributed by atoms with van der Waals surface area (Å²) in [5.41, 5.74) is 2.15. The molecule has 0 aliphatic carbocycles. The monoisotopic (exact) mass is 245 g/mol. The Labute approximate surface area is 111 Å². The van der Waals surface area contributed by atoms with Gasteiger partial charge in [0, 0.05) is 13.1 Å². The van der Waals surface area contributed by atoms with Crippen molar-refractivity contribution in [1.82, 2.24) is 15.2 Å². The zero-order chi connectivity index (χ0) is 13.4. The number of nitrogens with zero attached hydrogens (tertiary/aromatic N) is 2. The Morgan fingerprint density at radius 1 is 1.39 bits per heavy atom. The molecule has 0 saturated heterocycles. The van der Waals surface area contributed by atoms with Crippen molar-refractivity contribution in [2.75, 3.05) is 20.1 Å². The summed E-state index contributed by atoms with van der Waals surface area (Å²) in [6.07, 6.45) is 5.28. The summed E-state index contributed by atoms with van der Waals surface area (Å²) in [4.78, 5) is 6.70. The summed E-state index contributed by atoms with van der Waals surface area (Å²) in [6.45, 7) is 7.69. The van der Waals surface area contributed by atoms with Crippen molar-refractivity contribution in [3.8, 4) is 12.3 Å². The maximum absolute atomic E-state index is 5.28. The largest absolute Gasteiger partial charge is 0.311 e. The van der Waals surface area contributed by atoms with Crippen LogP contribution in [0.1, 0.15) is 25.2 Å². The molecule has 3 nitrogen and oxygen atoms in total. The molecule has 0 aromatic carbocycles. The molecule has 1 heterocycles. The van der Waals surface area contributed by atoms with E-state index in [1.165, 1.54) is 0 Å². The Hall–Kier alpha value is -1.37. The highest BCUT2D eigenvalue weighted by Gasteiger charge is 2.02. The van der Waals surface area contributed by atoms with E-state index in [4.69, 9.17) is 6.42 Å². The quantitative estimate of drug-likeness (QED) is 0.744. The first-order chi connectivity index (χ1) is 8.61. The average molecular weight is 245 g/mol. The number of rotatable bonds is 7. The van der Waals surface area contributed by atoms with Gasteiger partial charge in [-0.25, -0.2) is 0 Å². The van der Waals surface area contributed by atoms with Crippen molar-refractivity contribution >= 4 is 0 Å². The number of hydrogen-bond donors (Lipinski definition) is 1. The highest BCUT2D eigenvalue weighted by Crippen LogP contribution is 2.02. The average Bonchev–Trinajstić information content (AvgIpc) is 2.29. The number of pyridine rings is 1. The van der Waals surface area contributed by atoms with Crippen molar-refractivity contribution in [3.63, 3.8) is 0 Å². The van der Waals surface area contributed by atoms with Gasteiger partial charge in [0.05, 0.1) is 17.9 Å². The van der Waals surface area contributed by atoms with Crippen molar-refractivity contribution in [2.45, 2.75) is 26.9 Å². The molecule has 0 aliphatic heterocycles. The van der Waals surface area contributed by atoms with Crippen LogP contribution in [0.4, 0.5) is 0 Å². The number of hydrogen-bond acceptors (Lipinski definition) is 3. The molecule has 1 N–H and O–H groups in total. The first-order valence-corrected chi connectivity index (χ1v) is 6.39. The molecule has 0 saturated carbocycles. The first kappa shape index (κ1) is 14.7.